The summed E-state index contributed by atoms with van der Waals surface area (Å²) >= 11 is 0. The van der Waals surface area contributed by atoms with Gasteiger partial charge in [-0.05, 0) is 17.5 Å². The lowest BCUT2D eigenvalue weighted by Crippen LogP contribution is -2.39. The van der Waals surface area contributed by atoms with Crippen molar-refractivity contribution < 1.29 is 19.1 Å². The molecule has 2 aliphatic heterocycles. The normalized spacial score (nSPS) is 17.0. The van der Waals surface area contributed by atoms with Gasteiger partial charge in [0.1, 0.15) is 5.71 Å². The van der Waals surface area contributed by atoms with Crippen LogP contribution in [0.15, 0.2) is 29.4 Å². The molecule has 7 heteroatoms. The number of rotatable bonds is 3. The van der Waals surface area contributed by atoms with Gasteiger partial charge in [-0.2, -0.15) is 5.10 Å². The molecule has 3 rings (SSSR count). The summed E-state index contributed by atoms with van der Waals surface area (Å²) in [5, 5.41) is 3.65. The second-order valence-electron chi connectivity index (χ2n) is 5.50. The number of hydrazone groups is 1. The smallest absolute Gasteiger partial charge is 0.355 e. The van der Waals surface area contributed by atoms with Crippen LogP contribution in [0.3, 0.4) is 0 Å². The van der Waals surface area contributed by atoms with Crippen LogP contribution in [-0.2, 0) is 32.1 Å². The maximum atomic E-state index is 12.2. The Kier molecular flexibility index (Phi) is 4.36. The van der Waals surface area contributed by atoms with Crippen LogP contribution in [-0.4, -0.2) is 41.5 Å². The maximum Gasteiger partial charge on any atom is 0.355 e. The molecular formula is C16H17N3O4. The van der Waals surface area contributed by atoms with Gasteiger partial charge in [0.05, 0.1) is 0 Å². The van der Waals surface area contributed by atoms with Gasteiger partial charge in [0.2, 0.25) is 5.91 Å². The maximum absolute atomic E-state index is 12.2. The van der Waals surface area contributed by atoms with Crippen LogP contribution in [0, 0.1) is 0 Å². The molecular weight excluding hydrogens is 298 g/mol. The van der Waals surface area contributed by atoms with E-state index in [9.17, 15) is 14.4 Å². The van der Waals surface area contributed by atoms with Crippen LogP contribution in [0.4, 0.5) is 0 Å². The summed E-state index contributed by atoms with van der Waals surface area (Å²) in [4.78, 5) is 36.7. The minimum atomic E-state index is -0.657. The molecule has 0 spiro atoms. The van der Waals surface area contributed by atoms with Gasteiger partial charge in [-0.1, -0.05) is 24.3 Å². The lowest BCUT2D eigenvalue weighted by atomic mass is 10.00. The predicted octanol–water partition coefficient (Wildman–Crippen LogP) is 0.380. The lowest BCUT2D eigenvalue weighted by Gasteiger charge is -2.28. The Morgan fingerprint density at radius 2 is 1.96 bits per heavy atom. The fourth-order valence-electron chi connectivity index (χ4n) is 2.63. The van der Waals surface area contributed by atoms with E-state index in [2.05, 4.69) is 16.6 Å². The standard InChI is InChI=1S/C16H17N3O4/c20-14-6-5-13(17-18-14)16(22)23-10-15(21)19-8-7-11-3-1-2-4-12(11)9-19/h1-4H,5-10H2,(H,18,20). The highest BCUT2D eigenvalue weighted by Crippen LogP contribution is 2.18. The quantitative estimate of drug-likeness (QED) is 0.817. The molecule has 120 valence electrons. The fraction of sp³-hybridized carbons (Fsp3) is 0.375. The molecule has 0 saturated carbocycles. The Hall–Kier alpha value is -2.70. The summed E-state index contributed by atoms with van der Waals surface area (Å²) in [5.41, 5.74) is 4.74. The number of hydrogen-bond donors (Lipinski definition) is 1. The van der Waals surface area contributed by atoms with E-state index in [0.717, 1.165) is 12.0 Å². The average molecular weight is 315 g/mol. The van der Waals surface area contributed by atoms with Gasteiger partial charge < -0.3 is 9.64 Å². The summed E-state index contributed by atoms with van der Waals surface area (Å²) < 4.78 is 5.01. The van der Waals surface area contributed by atoms with Crippen molar-refractivity contribution in [2.24, 2.45) is 5.10 Å². The molecule has 2 heterocycles. The van der Waals surface area contributed by atoms with Crippen LogP contribution in [0.25, 0.3) is 0 Å². The highest BCUT2D eigenvalue weighted by molar-refractivity contribution is 6.37. The van der Waals surface area contributed by atoms with Gasteiger partial charge in [0.25, 0.3) is 5.91 Å². The summed E-state index contributed by atoms with van der Waals surface area (Å²) in [7, 11) is 0. The first-order valence-electron chi connectivity index (χ1n) is 7.50. The number of nitrogens with zero attached hydrogens (tertiary/aromatic N) is 2. The molecule has 1 N–H and O–H groups in total. The second-order valence-corrected chi connectivity index (χ2v) is 5.50. The van der Waals surface area contributed by atoms with Crippen LogP contribution in [0.2, 0.25) is 0 Å². The number of nitrogens with one attached hydrogen (secondary N) is 1. The summed E-state index contributed by atoms with van der Waals surface area (Å²) in [6.07, 6.45) is 1.23. The fourth-order valence-corrected chi connectivity index (χ4v) is 2.63. The Balaban J connectivity index is 1.52. The Labute approximate surface area is 133 Å². The molecule has 1 aromatic carbocycles. The zero-order valence-corrected chi connectivity index (χ0v) is 12.6. The molecule has 7 nitrogen and oxygen atoms in total. The van der Waals surface area contributed by atoms with Gasteiger partial charge in [-0.15, -0.1) is 0 Å². The number of fused-ring (bicyclic) bond motifs is 1. The van der Waals surface area contributed by atoms with E-state index in [1.807, 2.05) is 18.2 Å². The summed E-state index contributed by atoms with van der Waals surface area (Å²) in [6, 6.07) is 8.00. The van der Waals surface area contributed by atoms with Crippen molar-refractivity contribution in [1.29, 1.82) is 0 Å². The zero-order chi connectivity index (χ0) is 16.2. The third-order valence-corrected chi connectivity index (χ3v) is 3.95. The second kappa shape index (κ2) is 6.60. The largest absolute Gasteiger partial charge is 0.451 e. The van der Waals surface area contributed by atoms with Gasteiger partial charge in [0.15, 0.2) is 6.61 Å². The molecule has 0 aliphatic carbocycles. The van der Waals surface area contributed by atoms with E-state index in [0.29, 0.717) is 13.1 Å². The molecule has 0 bridgehead atoms. The Morgan fingerprint density at radius 3 is 2.70 bits per heavy atom. The van der Waals surface area contributed by atoms with Crippen molar-refractivity contribution in [2.75, 3.05) is 13.2 Å². The highest BCUT2D eigenvalue weighted by Gasteiger charge is 2.24. The number of esters is 1. The number of carbonyl (C=O) groups excluding carboxylic acids is 3. The van der Waals surface area contributed by atoms with E-state index in [4.69, 9.17) is 4.74 Å². The minimum Gasteiger partial charge on any atom is -0.451 e. The third kappa shape index (κ3) is 3.56. The molecule has 0 atom stereocenters. The van der Waals surface area contributed by atoms with Crippen molar-refractivity contribution in [3.05, 3.63) is 35.4 Å². The first kappa shape index (κ1) is 15.2. The zero-order valence-electron chi connectivity index (χ0n) is 12.6. The number of amides is 2. The van der Waals surface area contributed by atoms with Crippen molar-refractivity contribution in [2.45, 2.75) is 25.8 Å². The molecule has 0 radical (unpaired) electrons. The van der Waals surface area contributed by atoms with Crippen LogP contribution in [0.1, 0.15) is 24.0 Å². The van der Waals surface area contributed by atoms with Crippen LogP contribution in [0.5, 0.6) is 0 Å². The van der Waals surface area contributed by atoms with E-state index in [-0.39, 0.29) is 37.0 Å². The number of ether oxygens (including phenoxy) is 1. The van der Waals surface area contributed by atoms with Gasteiger partial charge in [0, 0.05) is 25.9 Å². The molecule has 0 fully saturated rings. The van der Waals surface area contributed by atoms with Crippen LogP contribution >= 0.6 is 0 Å². The van der Waals surface area contributed by atoms with Crippen molar-refractivity contribution in [1.82, 2.24) is 10.3 Å². The van der Waals surface area contributed by atoms with E-state index in [1.165, 1.54) is 5.56 Å². The predicted molar refractivity (Wildman–Crippen MR) is 81.3 cm³/mol. The first-order valence-corrected chi connectivity index (χ1v) is 7.50. The SMILES string of the molecule is O=C1CCC(C(=O)OCC(=O)N2CCc3ccccc3C2)=NN1. The molecule has 0 unspecified atom stereocenters. The minimum absolute atomic E-state index is 0.140. The van der Waals surface area contributed by atoms with Gasteiger partial charge in [-0.25, -0.2) is 10.2 Å². The monoisotopic (exact) mass is 315 g/mol. The topological polar surface area (TPSA) is 88.1 Å². The van der Waals surface area contributed by atoms with E-state index >= 15 is 0 Å². The Bertz CT molecular complexity index is 684. The summed E-state index contributed by atoms with van der Waals surface area (Å²) in [6.45, 7) is 0.835. The third-order valence-electron chi connectivity index (χ3n) is 3.95. The highest BCUT2D eigenvalue weighted by atomic mass is 16.5. The number of benzene rings is 1. The molecule has 23 heavy (non-hydrogen) atoms. The molecule has 0 saturated heterocycles. The number of hydrogen-bond acceptors (Lipinski definition) is 5. The Morgan fingerprint density at radius 1 is 1.17 bits per heavy atom. The first-order chi connectivity index (χ1) is 11.1. The van der Waals surface area contributed by atoms with Gasteiger partial charge in [-0.3, -0.25) is 9.59 Å². The molecule has 2 amide bonds. The van der Waals surface area contributed by atoms with Crippen molar-refractivity contribution in [3.63, 3.8) is 0 Å². The van der Waals surface area contributed by atoms with Crippen LogP contribution < -0.4 is 5.43 Å². The van der Waals surface area contributed by atoms with E-state index < -0.39 is 5.97 Å². The molecule has 0 aromatic heterocycles. The number of carbonyl (C=O) groups is 3. The molecule has 1 aromatic rings. The van der Waals surface area contributed by atoms with E-state index in [1.54, 1.807) is 4.90 Å². The summed E-state index contributed by atoms with van der Waals surface area (Å²) in [5.74, 6) is -1.12. The average Bonchev–Trinajstić information content (AvgIpc) is 2.59. The van der Waals surface area contributed by atoms with Gasteiger partial charge >= 0.3 is 5.97 Å². The van der Waals surface area contributed by atoms with Crippen molar-refractivity contribution in [3.8, 4) is 0 Å². The van der Waals surface area contributed by atoms with Crippen molar-refractivity contribution >= 4 is 23.5 Å². The lowest BCUT2D eigenvalue weighted by molar-refractivity contribution is -0.147. The molecule has 2 aliphatic rings.